The molecule has 1 saturated heterocycles. The highest BCUT2D eigenvalue weighted by atomic mass is 16.7. The molecule has 0 bridgehead atoms. The first-order valence-electron chi connectivity index (χ1n) is 12.5. The number of hydrogen-bond donors (Lipinski definition) is 6. The molecule has 39 heavy (non-hydrogen) atoms. The second kappa shape index (κ2) is 9.97. The number of aliphatic hydroxyl groups is 3. The molecule has 2 aromatic carbocycles. The maximum absolute atomic E-state index is 13.7. The fourth-order valence-corrected chi connectivity index (χ4v) is 5.85. The second-order valence-corrected chi connectivity index (χ2v) is 10.0. The van der Waals surface area contributed by atoms with Gasteiger partial charge in [0.1, 0.15) is 23.9 Å². The summed E-state index contributed by atoms with van der Waals surface area (Å²) < 4.78 is 17.0. The normalized spacial score (nSPS) is 29.8. The number of benzene rings is 2. The lowest BCUT2D eigenvalue weighted by Gasteiger charge is -2.41. The summed E-state index contributed by atoms with van der Waals surface area (Å²) in [6.45, 7) is 0.599. The molecule has 1 unspecified atom stereocenters. The van der Waals surface area contributed by atoms with Crippen LogP contribution in [-0.4, -0.2) is 87.2 Å². The Labute approximate surface area is 222 Å². The first-order chi connectivity index (χ1) is 18.5. The zero-order valence-corrected chi connectivity index (χ0v) is 21.2. The smallest absolute Gasteiger partial charge is 0.202 e. The highest BCUT2D eigenvalue weighted by Crippen LogP contribution is 2.54. The highest BCUT2D eigenvalue weighted by Gasteiger charge is 2.48. The molecule has 7 atom stereocenters. The molecule has 5 rings (SSSR count). The van der Waals surface area contributed by atoms with Gasteiger partial charge in [-0.1, -0.05) is 12.1 Å². The molecule has 0 radical (unpaired) electrons. The third kappa shape index (κ3) is 4.11. The molecular weight excluding hydrogens is 514 g/mol. The average molecular weight is 544 g/mol. The summed E-state index contributed by atoms with van der Waals surface area (Å²) >= 11 is 0. The van der Waals surface area contributed by atoms with Crippen molar-refractivity contribution in [2.24, 2.45) is 5.73 Å². The number of methoxy groups -OCH3 is 1. The van der Waals surface area contributed by atoms with Gasteiger partial charge in [-0.05, 0) is 13.0 Å². The molecule has 0 amide bonds. The number of aromatic hydroxyl groups is 2. The fourth-order valence-electron chi connectivity index (χ4n) is 5.85. The molecule has 12 nitrogen and oxygen atoms in total. The van der Waals surface area contributed by atoms with Gasteiger partial charge in [-0.15, -0.1) is 0 Å². The van der Waals surface area contributed by atoms with Crippen LogP contribution in [0.5, 0.6) is 17.2 Å². The molecule has 1 heterocycles. The molecule has 0 aromatic heterocycles. The monoisotopic (exact) mass is 543 g/mol. The van der Waals surface area contributed by atoms with Gasteiger partial charge in [0.2, 0.25) is 5.78 Å². The van der Waals surface area contributed by atoms with E-state index in [1.54, 1.807) is 6.92 Å². The lowest BCUT2D eigenvalue weighted by atomic mass is 9.71. The fraction of sp³-hybridized carbons (Fsp3) is 0.444. The van der Waals surface area contributed by atoms with Crippen LogP contribution in [0.2, 0.25) is 0 Å². The third-order valence-corrected chi connectivity index (χ3v) is 7.74. The number of ketones is 3. The van der Waals surface area contributed by atoms with E-state index < -0.39 is 89.2 Å². The zero-order valence-electron chi connectivity index (χ0n) is 21.2. The SMILES string of the molecule is COc1cccc2c1C(=O)c1c(O)c3c(c(O)c1C2=O)C(C(=O)CO)[C@@H](O)C[C@@H]3O[C@H]1C[C@H](N)[C@@H](O)[C@H](C)O1. The number of phenols is 2. The van der Waals surface area contributed by atoms with E-state index in [0.717, 1.165) is 0 Å². The third-order valence-electron chi connectivity index (χ3n) is 7.74. The number of fused-ring (bicyclic) bond motifs is 3. The number of aliphatic hydroxyl groups excluding tert-OH is 3. The van der Waals surface area contributed by atoms with Crippen LogP contribution in [0.4, 0.5) is 0 Å². The number of nitrogens with two attached hydrogens (primary N) is 1. The van der Waals surface area contributed by atoms with Gasteiger partial charge in [0.25, 0.3) is 0 Å². The van der Waals surface area contributed by atoms with Crippen LogP contribution in [0, 0.1) is 0 Å². The van der Waals surface area contributed by atoms with Crippen molar-refractivity contribution in [1.29, 1.82) is 0 Å². The van der Waals surface area contributed by atoms with Crippen molar-refractivity contribution < 1.29 is 54.1 Å². The van der Waals surface area contributed by atoms with Gasteiger partial charge in [0.15, 0.2) is 17.9 Å². The summed E-state index contributed by atoms with van der Waals surface area (Å²) in [4.78, 5) is 40.0. The topological polar surface area (TPSA) is 206 Å². The molecule has 7 N–H and O–H groups in total. The average Bonchev–Trinajstić information content (AvgIpc) is 2.91. The maximum Gasteiger partial charge on any atom is 0.202 e. The van der Waals surface area contributed by atoms with Crippen molar-refractivity contribution >= 4 is 17.3 Å². The molecule has 0 saturated carbocycles. The Morgan fingerprint density at radius 1 is 1.05 bits per heavy atom. The summed E-state index contributed by atoms with van der Waals surface area (Å²) in [6, 6.07) is 3.63. The van der Waals surface area contributed by atoms with Gasteiger partial charge in [-0.2, -0.15) is 0 Å². The van der Waals surface area contributed by atoms with Gasteiger partial charge < -0.3 is 45.5 Å². The van der Waals surface area contributed by atoms with E-state index >= 15 is 0 Å². The number of carbonyl (C=O) groups excluding carboxylic acids is 3. The molecule has 2 aliphatic carbocycles. The molecular formula is C27H29NO11. The molecule has 1 fully saturated rings. The van der Waals surface area contributed by atoms with Gasteiger partial charge in [0.05, 0.1) is 54.1 Å². The van der Waals surface area contributed by atoms with Gasteiger partial charge in [0, 0.05) is 35.6 Å². The van der Waals surface area contributed by atoms with E-state index in [-0.39, 0.29) is 40.8 Å². The molecule has 3 aliphatic rings. The minimum absolute atomic E-state index is 0.0477. The Morgan fingerprint density at radius 3 is 2.36 bits per heavy atom. The van der Waals surface area contributed by atoms with Crippen molar-refractivity contribution in [3.8, 4) is 17.2 Å². The van der Waals surface area contributed by atoms with Crippen LogP contribution in [0.1, 0.15) is 74.8 Å². The summed E-state index contributed by atoms with van der Waals surface area (Å²) in [6.07, 6.45) is -5.63. The van der Waals surface area contributed by atoms with Gasteiger partial charge in [-0.25, -0.2) is 0 Å². The molecule has 0 spiro atoms. The minimum atomic E-state index is -1.52. The number of phenolic OH excluding ortho intramolecular Hbond substituents is 2. The van der Waals surface area contributed by atoms with Crippen LogP contribution in [-0.2, 0) is 14.3 Å². The van der Waals surface area contributed by atoms with Crippen LogP contribution in [0.3, 0.4) is 0 Å². The molecule has 12 heteroatoms. The number of carbonyl (C=O) groups is 3. The van der Waals surface area contributed by atoms with Crippen molar-refractivity contribution in [2.45, 2.75) is 62.4 Å². The molecule has 1 aliphatic heterocycles. The van der Waals surface area contributed by atoms with E-state index in [9.17, 15) is 39.9 Å². The van der Waals surface area contributed by atoms with Gasteiger partial charge >= 0.3 is 0 Å². The number of ether oxygens (including phenoxy) is 3. The van der Waals surface area contributed by atoms with Gasteiger partial charge in [-0.3, -0.25) is 14.4 Å². The minimum Gasteiger partial charge on any atom is -0.507 e. The predicted octanol–water partition coefficient (Wildman–Crippen LogP) is 0.172. The number of hydrogen-bond acceptors (Lipinski definition) is 12. The van der Waals surface area contributed by atoms with E-state index in [0.29, 0.717) is 0 Å². The number of rotatable bonds is 5. The van der Waals surface area contributed by atoms with Crippen molar-refractivity contribution in [1.82, 2.24) is 0 Å². The van der Waals surface area contributed by atoms with E-state index in [2.05, 4.69) is 0 Å². The zero-order chi connectivity index (χ0) is 28.3. The van der Waals surface area contributed by atoms with E-state index in [1.165, 1.54) is 25.3 Å². The Kier molecular flexibility index (Phi) is 6.95. The standard InChI is InChI=1S/C27H29NO11/c1-9-23(32)11(28)6-16(38-9)39-15-7-12(30)18(13(31)8-29)20-19(15)26(35)22-21(27(20)36)24(33)10-4-3-5-14(37-2)17(10)25(22)34/h3-5,9,11-12,15-16,18,23,29-30,32,35-36H,6-8,28H2,1-2H3/t9-,11-,12-,15-,16-,18?,23-/m0/s1. The van der Waals surface area contributed by atoms with Crippen LogP contribution >= 0.6 is 0 Å². The number of Topliss-reactive ketones (excluding diaryl/α,β-unsaturated/α-hetero) is 1. The highest BCUT2D eigenvalue weighted by molar-refractivity contribution is 6.31. The first-order valence-corrected chi connectivity index (χ1v) is 12.5. The van der Waals surface area contributed by atoms with Crippen molar-refractivity contribution in [3.05, 3.63) is 51.6 Å². The first kappa shape index (κ1) is 27.2. The van der Waals surface area contributed by atoms with E-state index in [4.69, 9.17) is 19.9 Å². The predicted molar refractivity (Wildman–Crippen MR) is 132 cm³/mol. The van der Waals surface area contributed by atoms with Crippen molar-refractivity contribution in [3.63, 3.8) is 0 Å². The van der Waals surface area contributed by atoms with Crippen LogP contribution in [0.25, 0.3) is 0 Å². The lowest BCUT2D eigenvalue weighted by molar-refractivity contribution is -0.244. The summed E-state index contributed by atoms with van der Waals surface area (Å²) in [5.74, 6) is -5.40. The Bertz CT molecular complexity index is 1360. The Morgan fingerprint density at radius 2 is 1.72 bits per heavy atom. The molecule has 2 aromatic rings. The molecule has 208 valence electrons. The quantitative estimate of drug-likeness (QED) is 0.238. The summed E-state index contributed by atoms with van der Waals surface area (Å²) in [5, 5.41) is 53.6. The summed E-state index contributed by atoms with van der Waals surface area (Å²) in [7, 11) is 1.32. The summed E-state index contributed by atoms with van der Waals surface area (Å²) in [5.41, 5.74) is 4.27. The maximum atomic E-state index is 13.7. The lowest BCUT2D eigenvalue weighted by Crippen LogP contribution is -2.52. The Hall–Kier alpha value is -3.39. The largest absolute Gasteiger partial charge is 0.507 e. The van der Waals surface area contributed by atoms with Crippen molar-refractivity contribution in [2.75, 3.05) is 13.7 Å². The Balaban J connectivity index is 1.71. The van der Waals surface area contributed by atoms with Crippen LogP contribution < -0.4 is 10.5 Å². The second-order valence-electron chi connectivity index (χ2n) is 10.0. The van der Waals surface area contributed by atoms with Crippen LogP contribution in [0.15, 0.2) is 18.2 Å². The van der Waals surface area contributed by atoms with E-state index in [1.807, 2.05) is 0 Å².